The summed E-state index contributed by atoms with van der Waals surface area (Å²) in [5.41, 5.74) is 0. The predicted molar refractivity (Wildman–Crippen MR) is 46.2 cm³/mol. The third-order valence-electron chi connectivity index (χ3n) is 3.16. The molecule has 3 aliphatic heterocycles. The molecule has 3 fully saturated rings. The number of fused-ring (bicyclic) bond motifs is 1. The Kier molecular flexibility index (Phi) is 1.61. The van der Waals surface area contributed by atoms with Crippen molar-refractivity contribution in [3.8, 4) is 0 Å². The highest BCUT2D eigenvalue weighted by Gasteiger charge is 2.75. The first-order valence-corrected chi connectivity index (χ1v) is 4.85. The molecule has 0 aromatic rings. The third-order valence-corrected chi connectivity index (χ3v) is 3.16. The Morgan fingerprint density at radius 2 is 1.93 bits per heavy atom. The molecule has 0 radical (unpaired) electrons. The molecule has 1 N–H and O–H groups in total. The summed E-state index contributed by atoms with van der Waals surface area (Å²) in [5.74, 6) is -0.0969. The second-order valence-corrected chi connectivity index (χ2v) is 4.08. The molecule has 3 saturated heterocycles. The van der Waals surface area contributed by atoms with Gasteiger partial charge in [0.25, 0.3) is 0 Å². The summed E-state index contributed by atoms with van der Waals surface area (Å²) < 4.78 is 15.4. The Bertz CT molecular complexity index is 322. The monoisotopic (exact) mass is 212 g/mol. The second-order valence-electron chi connectivity index (χ2n) is 4.08. The van der Waals surface area contributed by atoms with Crippen LogP contribution in [0.4, 0.5) is 0 Å². The summed E-state index contributed by atoms with van der Waals surface area (Å²) in [6.45, 7) is -2.21. The van der Waals surface area contributed by atoms with Crippen LogP contribution in [0.25, 0.3) is 0 Å². The van der Waals surface area contributed by atoms with Gasteiger partial charge in [-0.05, 0) is 0 Å². The highest BCUT2D eigenvalue weighted by atomic mass is 16.7. The number of hydrogen-bond donors (Lipinski definition) is 1. The highest BCUT2D eigenvalue weighted by molar-refractivity contribution is 6.81. The van der Waals surface area contributed by atoms with Crippen LogP contribution in [0, 0.1) is 5.82 Å². The summed E-state index contributed by atoms with van der Waals surface area (Å²) in [7, 11) is 0. The molecule has 0 aromatic heterocycles. The van der Waals surface area contributed by atoms with Crippen LogP contribution >= 0.6 is 0 Å². The SMILES string of the molecule is O=C1C[C+]2CC(=O)O[B-]2(C2O[C@H]2CO)O1. The molecule has 7 heteroatoms. The van der Waals surface area contributed by atoms with E-state index in [1.165, 1.54) is 0 Å². The zero-order valence-corrected chi connectivity index (χ0v) is 7.84. The molecule has 0 amide bonds. The maximum absolute atomic E-state index is 11.2. The van der Waals surface area contributed by atoms with E-state index in [0.29, 0.717) is 5.82 Å². The van der Waals surface area contributed by atoms with Crippen molar-refractivity contribution in [2.75, 3.05) is 6.61 Å². The minimum Gasteiger partial charge on any atom is -0.612 e. The molecule has 3 heterocycles. The van der Waals surface area contributed by atoms with Crippen molar-refractivity contribution in [2.24, 2.45) is 0 Å². The normalized spacial score (nSPS) is 36.2. The minimum absolute atomic E-state index is 0.129. The van der Waals surface area contributed by atoms with Gasteiger partial charge in [-0.15, -0.1) is 0 Å². The highest BCUT2D eigenvalue weighted by Crippen LogP contribution is 2.48. The van der Waals surface area contributed by atoms with Gasteiger partial charge in [0.2, 0.25) is 0 Å². The average molecular weight is 212 g/mol. The Labute approximate surface area is 85.5 Å². The van der Waals surface area contributed by atoms with Gasteiger partial charge in [-0.3, -0.25) is 9.59 Å². The van der Waals surface area contributed by atoms with E-state index in [2.05, 4.69) is 0 Å². The maximum atomic E-state index is 11.2. The molecule has 0 bridgehead atoms. The molecule has 80 valence electrons. The standard InChI is InChI=1S/C8H9BO6/c10-3-5-8(13-5)9-4(1-6(11)14-9)2-7(12)15-9/h5,8,10H,1-3H2/t5-,8?/m0/s1. The topological polar surface area (TPSA) is 85.4 Å². The fraction of sp³-hybridized carbons (Fsp3) is 0.625. The molecule has 3 aliphatic rings. The van der Waals surface area contributed by atoms with Gasteiger partial charge in [0.1, 0.15) is 12.8 Å². The fourth-order valence-electron chi connectivity index (χ4n) is 2.44. The maximum Gasteiger partial charge on any atom is 0.589 e. The molecule has 0 aliphatic carbocycles. The van der Waals surface area contributed by atoms with Crippen molar-refractivity contribution in [3.63, 3.8) is 0 Å². The van der Waals surface area contributed by atoms with E-state index in [1.54, 1.807) is 0 Å². The number of hydrogen-bond acceptors (Lipinski definition) is 6. The Hall–Kier alpha value is -1.21. The lowest BCUT2D eigenvalue weighted by molar-refractivity contribution is -0.138. The van der Waals surface area contributed by atoms with Crippen LogP contribution in [-0.4, -0.2) is 42.3 Å². The lowest BCUT2D eigenvalue weighted by atomic mass is 9.45. The number of carbonyl (C=O) groups excluding carboxylic acids is 2. The first-order chi connectivity index (χ1) is 7.15. The molecular weight excluding hydrogens is 203 g/mol. The molecule has 0 saturated carbocycles. The quantitative estimate of drug-likeness (QED) is 0.349. The lowest BCUT2D eigenvalue weighted by Crippen LogP contribution is -2.48. The summed E-state index contributed by atoms with van der Waals surface area (Å²) in [6, 6.07) is -0.470. The summed E-state index contributed by atoms with van der Waals surface area (Å²) >= 11 is 0. The lowest BCUT2D eigenvalue weighted by Gasteiger charge is -2.22. The van der Waals surface area contributed by atoms with E-state index in [1.807, 2.05) is 0 Å². The Morgan fingerprint density at radius 1 is 1.33 bits per heavy atom. The zero-order valence-electron chi connectivity index (χ0n) is 7.84. The first kappa shape index (κ1) is 9.05. The fourth-order valence-corrected chi connectivity index (χ4v) is 2.44. The van der Waals surface area contributed by atoms with Crippen molar-refractivity contribution in [3.05, 3.63) is 5.82 Å². The molecule has 3 rings (SSSR count). The van der Waals surface area contributed by atoms with Gasteiger partial charge < -0.3 is 19.2 Å². The Morgan fingerprint density at radius 3 is 2.40 bits per heavy atom. The Balaban J connectivity index is 1.88. The number of ether oxygens (including phenoxy) is 1. The molecule has 15 heavy (non-hydrogen) atoms. The van der Waals surface area contributed by atoms with E-state index in [4.69, 9.17) is 19.2 Å². The third kappa shape index (κ3) is 1.10. The molecule has 0 spiro atoms. The van der Waals surface area contributed by atoms with Crippen molar-refractivity contribution < 1.29 is 28.7 Å². The minimum atomic E-state index is -2.06. The summed E-state index contributed by atoms with van der Waals surface area (Å²) in [5, 5.41) is 8.88. The van der Waals surface area contributed by atoms with E-state index in [0.717, 1.165) is 0 Å². The molecule has 2 atom stereocenters. The number of aliphatic hydroxyl groups excluding tert-OH is 1. The largest absolute Gasteiger partial charge is 0.612 e. The summed E-state index contributed by atoms with van der Waals surface area (Å²) in [4.78, 5) is 22.3. The zero-order chi connectivity index (χ0) is 10.6. The number of epoxide rings is 1. The average Bonchev–Trinajstić information content (AvgIpc) is 2.81. The van der Waals surface area contributed by atoms with Crippen molar-refractivity contribution in [1.82, 2.24) is 0 Å². The van der Waals surface area contributed by atoms with Crippen LogP contribution in [-0.2, 0) is 23.6 Å². The van der Waals surface area contributed by atoms with Crippen molar-refractivity contribution in [2.45, 2.75) is 24.9 Å². The van der Waals surface area contributed by atoms with Crippen LogP contribution < -0.4 is 0 Å². The summed E-state index contributed by atoms with van der Waals surface area (Å²) in [6.07, 6.45) is -0.121. The van der Waals surface area contributed by atoms with Crippen LogP contribution in [0.5, 0.6) is 0 Å². The van der Waals surface area contributed by atoms with Gasteiger partial charge in [0.15, 0.2) is 0 Å². The van der Waals surface area contributed by atoms with Crippen molar-refractivity contribution >= 4 is 18.5 Å². The van der Waals surface area contributed by atoms with Crippen LogP contribution in [0.2, 0.25) is 0 Å². The smallest absolute Gasteiger partial charge is 0.589 e. The first-order valence-electron chi connectivity index (χ1n) is 4.85. The van der Waals surface area contributed by atoms with Gasteiger partial charge in [-0.2, -0.15) is 0 Å². The van der Waals surface area contributed by atoms with E-state index in [9.17, 15) is 9.59 Å². The number of rotatable bonds is 2. The van der Waals surface area contributed by atoms with Crippen LogP contribution in [0.15, 0.2) is 0 Å². The van der Waals surface area contributed by atoms with Crippen molar-refractivity contribution in [1.29, 1.82) is 0 Å². The van der Waals surface area contributed by atoms with Gasteiger partial charge in [-0.1, -0.05) is 0 Å². The number of aliphatic hydroxyl groups is 1. The van der Waals surface area contributed by atoms with Crippen LogP contribution in [0.3, 0.4) is 0 Å². The van der Waals surface area contributed by atoms with Gasteiger partial charge in [-0.25, -0.2) is 0 Å². The molecule has 1 unspecified atom stereocenters. The van der Waals surface area contributed by atoms with Gasteiger partial charge in [0, 0.05) is 5.82 Å². The molecule has 0 aromatic carbocycles. The molecule has 6 nitrogen and oxygen atoms in total. The van der Waals surface area contributed by atoms with E-state index < -0.39 is 12.6 Å². The predicted octanol–water partition coefficient (Wildman–Crippen LogP) is -1.27. The van der Waals surface area contributed by atoms with Gasteiger partial charge >= 0.3 is 18.5 Å². The number of carbonyl (C=O) groups is 2. The molecular formula is C8H9BO6. The van der Waals surface area contributed by atoms with Crippen LogP contribution in [0.1, 0.15) is 12.8 Å². The van der Waals surface area contributed by atoms with E-state index in [-0.39, 0.29) is 37.5 Å². The van der Waals surface area contributed by atoms with E-state index >= 15 is 0 Å². The van der Waals surface area contributed by atoms with Gasteiger partial charge in [0.05, 0.1) is 18.7 Å². The second kappa shape index (κ2) is 2.68.